The van der Waals surface area contributed by atoms with E-state index in [1.165, 1.54) is 0 Å². The maximum Gasteiger partial charge on any atom is 0.128 e. The van der Waals surface area contributed by atoms with Gasteiger partial charge < -0.3 is 5.11 Å². The molecule has 0 saturated heterocycles. The van der Waals surface area contributed by atoms with Crippen molar-refractivity contribution in [3.63, 3.8) is 0 Å². The monoisotopic (exact) mass is 282 g/mol. The van der Waals surface area contributed by atoms with Crippen molar-refractivity contribution in [3.8, 4) is 5.75 Å². The summed E-state index contributed by atoms with van der Waals surface area (Å²) >= 11 is 3.38. The normalized spacial score (nSPS) is 16.3. The van der Waals surface area contributed by atoms with E-state index in [1.807, 2.05) is 6.92 Å². The molecule has 1 nitrogen and oxygen atoms in total. The van der Waals surface area contributed by atoms with Gasteiger partial charge in [-0.25, -0.2) is 4.39 Å². The molecule has 84 valence electrons. The van der Waals surface area contributed by atoms with Crippen LogP contribution >= 0.6 is 15.9 Å². The minimum atomic E-state index is -0.265. The van der Waals surface area contributed by atoms with Gasteiger partial charge in [-0.2, -0.15) is 0 Å². The van der Waals surface area contributed by atoms with E-state index in [2.05, 4.69) is 15.9 Å². The molecule has 0 spiro atoms. The molecule has 0 saturated carbocycles. The fraction of sp³-hybridized carbons (Fsp3) is 0.231. The van der Waals surface area contributed by atoms with E-state index in [0.29, 0.717) is 17.6 Å². The van der Waals surface area contributed by atoms with Crippen molar-refractivity contribution < 1.29 is 9.50 Å². The van der Waals surface area contributed by atoms with Crippen LogP contribution in [0.1, 0.15) is 24.0 Å². The molecule has 0 amide bonds. The Hall–Kier alpha value is -1.09. The van der Waals surface area contributed by atoms with Crippen LogP contribution in [-0.4, -0.2) is 5.11 Å². The molecule has 0 heterocycles. The van der Waals surface area contributed by atoms with Crippen molar-refractivity contribution in [2.45, 2.75) is 19.8 Å². The Morgan fingerprint density at radius 2 is 2.12 bits per heavy atom. The van der Waals surface area contributed by atoms with E-state index in [0.717, 1.165) is 16.5 Å². The van der Waals surface area contributed by atoms with Crippen molar-refractivity contribution in [1.82, 2.24) is 0 Å². The third-order valence-corrected chi connectivity index (χ3v) is 3.41. The van der Waals surface area contributed by atoms with Crippen molar-refractivity contribution in [1.29, 1.82) is 0 Å². The standard InChI is InChI=1S/C13H12BrFO/c1-8-5-6-12(16)9(7-8)13-10(14)3-2-4-11(13)15/h4-7,16H,2-3H2,1H3. The maximum atomic E-state index is 13.8. The minimum absolute atomic E-state index is 0.114. The fourth-order valence-electron chi connectivity index (χ4n) is 1.81. The summed E-state index contributed by atoms with van der Waals surface area (Å²) in [4.78, 5) is 0. The number of phenolic OH excluding ortho intramolecular Hbond substituents is 1. The highest BCUT2D eigenvalue weighted by atomic mass is 79.9. The summed E-state index contributed by atoms with van der Waals surface area (Å²) in [7, 11) is 0. The van der Waals surface area contributed by atoms with E-state index in [-0.39, 0.29) is 11.6 Å². The lowest BCUT2D eigenvalue weighted by Crippen LogP contribution is -1.95. The van der Waals surface area contributed by atoms with Crippen molar-refractivity contribution in [2.24, 2.45) is 0 Å². The quantitative estimate of drug-likeness (QED) is 0.807. The van der Waals surface area contributed by atoms with Crippen LogP contribution in [0.15, 0.2) is 34.6 Å². The molecule has 0 aromatic heterocycles. The van der Waals surface area contributed by atoms with Crippen molar-refractivity contribution in [3.05, 3.63) is 45.7 Å². The predicted octanol–water partition coefficient (Wildman–Crippen LogP) is 4.45. The maximum absolute atomic E-state index is 13.8. The van der Waals surface area contributed by atoms with Gasteiger partial charge in [-0.05, 0) is 38.0 Å². The zero-order valence-electron chi connectivity index (χ0n) is 8.93. The van der Waals surface area contributed by atoms with Crippen molar-refractivity contribution in [2.75, 3.05) is 0 Å². The van der Waals surface area contributed by atoms with Crippen LogP contribution in [0.3, 0.4) is 0 Å². The van der Waals surface area contributed by atoms with E-state index >= 15 is 0 Å². The molecule has 0 aliphatic heterocycles. The second-order valence-corrected chi connectivity index (χ2v) is 4.85. The smallest absolute Gasteiger partial charge is 0.128 e. The van der Waals surface area contributed by atoms with Crippen LogP contribution in [0.5, 0.6) is 5.75 Å². The van der Waals surface area contributed by atoms with Crippen LogP contribution in [0.25, 0.3) is 5.57 Å². The number of rotatable bonds is 1. The van der Waals surface area contributed by atoms with Crippen LogP contribution < -0.4 is 0 Å². The first-order chi connectivity index (χ1) is 7.59. The summed E-state index contributed by atoms with van der Waals surface area (Å²) in [6, 6.07) is 5.20. The van der Waals surface area contributed by atoms with Crippen LogP contribution in [0.2, 0.25) is 0 Å². The summed E-state index contributed by atoms with van der Waals surface area (Å²) in [5, 5.41) is 9.77. The second kappa shape index (κ2) is 4.42. The lowest BCUT2D eigenvalue weighted by molar-refractivity contribution is 0.473. The molecule has 0 unspecified atom stereocenters. The molecule has 0 atom stereocenters. The Balaban J connectivity index is 2.59. The Kier molecular flexibility index (Phi) is 3.15. The van der Waals surface area contributed by atoms with E-state index < -0.39 is 0 Å². The molecule has 1 aliphatic carbocycles. The van der Waals surface area contributed by atoms with Crippen LogP contribution in [0.4, 0.5) is 4.39 Å². The second-order valence-electron chi connectivity index (χ2n) is 3.89. The van der Waals surface area contributed by atoms with Gasteiger partial charge in [0.05, 0.1) is 0 Å². The first-order valence-electron chi connectivity index (χ1n) is 5.14. The number of benzene rings is 1. The van der Waals surface area contributed by atoms with E-state index in [9.17, 15) is 9.50 Å². The highest BCUT2D eigenvalue weighted by Gasteiger charge is 2.19. The zero-order chi connectivity index (χ0) is 11.7. The van der Waals surface area contributed by atoms with Gasteiger partial charge in [-0.1, -0.05) is 27.6 Å². The molecule has 3 heteroatoms. The van der Waals surface area contributed by atoms with E-state index in [1.54, 1.807) is 24.3 Å². The van der Waals surface area contributed by atoms with Gasteiger partial charge in [-0.3, -0.25) is 0 Å². The number of hydrogen-bond donors (Lipinski definition) is 1. The average Bonchev–Trinajstić information content (AvgIpc) is 2.23. The molecule has 1 aliphatic rings. The van der Waals surface area contributed by atoms with Crippen LogP contribution in [-0.2, 0) is 0 Å². The largest absolute Gasteiger partial charge is 0.507 e. The fourth-order valence-corrected chi connectivity index (χ4v) is 2.44. The molecule has 1 aromatic rings. The van der Waals surface area contributed by atoms with Gasteiger partial charge >= 0.3 is 0 Å². The topological polar surface area (TPSA) is 20.2 Å². The lowest BCUT2D eigenvalue weighted by Gasteiger charge is -2.15. The van der Waals surface area contributed by atoms with Crippen LogP contribution in [0, 0.1) is 6.92 Å². The number of aryl methyl sites for hydroxylation is 1. The summed E-state index contributed by atoms with van der Waals surface area (Å²) in [5.41, 5.74) is 2.03. The molecule has 1 N–H and O–H groups in total. The van der Waals surface area contributed by atoms with Gasteiger partial charge in [0.1, 0.15) is 11.6 Å². The van der Waals surface area contributed by atoms with Gasteiger partial charge in [0.25, 0.3) is 0 Å². The summed E-state index contributed by atoms with van der Waals surface area (Å²) in [5.74, 6) is -0.151. The first-order valence-corrected chi connectivity index (χ1v) is 5.93. The summed E-state index contributed by atoms with van der Waals surface area (Å²) in [6.07, 6.45) is 3.03. The number of phenols is 1. The zero-order valence-corrected chi connectivity index (χ0v) is 10.5. The lowest BCUT2D eigenvalue weighted by atomic mass is 9.96. The Morgan fingerprint density at radius 3 is 2.81 bits per heavy atom. The SMILES string of the molecule is Cc1ccc(O)c(C2=C(Br)CCC=C2F)c1. The average molecular weight is 283 g/mol. The molecular weight excluding hydrogens is 271 g/mol. The van der Waals surface area contributed by atoms with Crippen molar-refractivity contribution >= 4 is 21.5 Å². The Bertz CT molecular complexity index is 489. The molecular formula is C13H12BrFO. The van der Waals surface area contributed by atoms with Gasteiger partial charge in [0.2, 0.25) is 0 Å². The molecule has 2 rings (SSSR count). The van der Waals surface area contributed by atoms with E-state index in [4.69, 9.17) is 0 Å². The molecule has 0 bridgehead atoms. The molecule has 16 heavy (non-hydrogen) atoms. The summed E-state index contributed by atoms with van der Waals surface area (Å²) < 4.78 is 14.6. The molecule has 1 aromatic carbocycles. The predicted molar refractivity (Wildman–Crippen MR) is 67.1 cm³/mol. The minimum Gasteiger partial charge on any atom is -0.507 e. The Morgan fingerprint density at radius 1 is 1.38 bits per heavy atom. The Labute approximate surface area is 102 Å². The number of hydrogen-bond acceptors (Lipinski definition) is 1. The highest BCUT2D eigenvalue weighted by molar-refractivity contribution is 9.11. The number of halogens is 2. The molecule has 0 radical (unpaired) electrons. The highest BCUT2D eigenvalue weighted by Crippen LogP contribution is 2.40. The van der Waals surface area contributed by atoms with Gasteiger partial charge in [-0.15, -0.1) is 0 Å². The molecule has 0 fully saturated rings. The third-order valence-electron chi connectivity index (χ3n) is 2.62. The summed E-state index contributed by atoms with van der Waals surface area (Å²) in [6.45, 7) is 1.92. The number of allylic oxidation sites excluding steroid dienone is 4. The first kappa shape index (κ1) is 11.4. The number of aromatic hydroxyl groups is 1. The third kappa shape index (κ3) is 2.05. The van der Waals surface area contributed by atoms with Gasteiger partial charge in [0, 0.05) is 15.6 Å². The van der Waals surface area contributed by atoms with Gasteiger partial charge in [0.15, 0.2) is 0 Å².